The largest absolute Gasteiger partial charge is 0.342 e. The Morgan fingerprint density at radius 2 is 1.90 bits per heavy atom. The van der Waals surface area contributed by atoms with Crippen LogP contribution in [-0.4, -0.2) is 28.7 Å². The average molecular weight is 338 g/mol. The minimum absolute atomic E-state index is 0.266. The van der Waals surface area contributed by atoms with Crippen LogP contribution in [0.15, 0.2) is 24.3 Å². The van der Waals surface area contributed by atoms with Crippen LogP contribution in [0.2, 0.25) is 0 Å². The molecule has 1 fully saturated rings. The summed E-state index contributed by atoms with van der Waals surface area (Å²) in [6.45, 7) is 2.09. The second-order valence-corrected chi connectivity index (χ2v) is 7.03. The fourth-order valence-corrected chi connectivity index (χ4v) is 3.81. The van der Waals surface area contributed by atoms with Crippen LogP contribution >= 0.6 is 15.9 Å². The van der Waals surface area contributed by atoms with E-state index in [1.54, 1.807) is 0 Å². The lowest BCUT2D eigenvalue weighted by atomic mass is 9.94. The van der Waals surface area contributed by atoms with Gasteiger partial charge in [-0.25, -0.2) is 0 Å². The van der Waals surface area contributed by atoms with Gasteiger partial charge in [0, 0.05) is 24.3 Å². The van der Waals surface area contributed by atoms with Gasteiger partial charge in [0.2, 0.25) is 5.91 Å². The van der Waals surface area contributed by atoms with Crippen molar-refractivity contribution in [2.45, 2.75) is 56.3 Å². The van der Waals surface area contributed by atoms with E-state index in [0.717, 1.165) is 12.8 Å². The molecule has 20 heavy (non-hydrogen) atoms. The third-order valence-electron chi connectivity index (χ3n) is 4.29. The standard InChI is InChI=1S/C17H24BrNO/c1-13-7-9-14(10-8-13)11-12-17(20)19(2)16-6-4-3-5-15(16)18/h7-10,15-16H,3-6,11-12H2,1-2H3. The Labute approximate surface area is 130 Å². The Balaban J connectivity index is 1.86. The zero-order valence-corrected chi connectivity index (χ0v) is 14.0. The molecule has 0 N–H and O–H groups in total. The predicted octanol–water partition coefficient (Wildman–Crippen LogP) is 4.09. The predicted molar refractivity (Wildman–Crippen MR) is 87.2 cm³/mol. The van der Waals surface area contributed by atoms with Gasteiger partial charge < -0.3 is 4.90 Å². The summed E-state index contributed by atoms with van der Waals surface area (Å²) in [5.74, 6) is 0.266. The van der Waals surface area contributed by atoms with E-state index in [1.165, 1.54) is 30.4 Å². The lowest BCUT2D eigenvalue weighted by Crippen LogP contribution is -2.44. The summed E-state index contributed by atoms with van der Waals surface area (Å²) in [7, 11) is 1.96. The number of benzene rings is 1. The maximum atomic E-state index is 12.3. The van der Waals surface area contributed by atoms with Crippen molar-refractivity contribution in [1.29, 1.82) is 0 Å². The highest BCUT2D eigenvalue weighted by atomic mass is 79.9. The summed E-state index contributed by atoms with van der Waals surface area (Å²) in [6, 6.07) is 8.83. The van der Waals surface area contributed by atoms with Crippen LogP contribution in [0, 0.1) is 6.92 Å². The van der Waals surface area contributed by atoms with Gasteiger partial charge in [0.15, 0.2) is 0 Å². The van der Waals surface area contributed by atoms with Crippen LogP contribution < -0.4 is 0 Å². The molecule has 0 radical (unpaired) electrons. The molecule has 0 heterocycles. The number of carbonyl (C=O) groups is 1. The summed E-state index contributed by atoms with van der Waals surface area (Å²) >= 11 is 3.73. The Bertz CT molecular complexity index is 443. The van der Waals surface area contributed by atoms with Gasteiger partial charge in [-0.05, 0) is 31.7 Å². The summed E-state index contributed by atoms with van der Waals surface area (Å²) in [4.78, 5) is 14.8. The van der Waals surface area contributed by atoms with Gasteiger partial charge in [-0.2, -0.15) is 0 Å². The molecule has 0 spiro atoms. The summed E-state index contributed by atoms with van der Waals surface area (Å²) in [5, 5.41) is 0. The summed E-state index contributed by atoms with van der Waals surface area (Å²) in [6.07, 6.45) is 6.27. The number of halogens is 1. The molecule has 0 aliphatic heterocycles. The van der Waals surface area contributed by atoms with Gasteiger partial charge in [-0.1, -0.05) is 58.6 Å². The first-order valence-corrected chi connectivity index (χ1v) is 8.45. The van der Waals surface area contributed by atoms with Crippen molar-refractivity contribution in [3.05, 3.63) is 35.4 Å². The van der Waals surface area contributed by atoms with Gasteiger partial charge in [0.05, 0.1) is 0 Å². The fourth-order valence-electron chi connectivity index (χ4n) is 2.87. The van der Waals surface area contributed by atoms with E-state index in [-0.39, 0.29) is 5.91 Å². The monoisotopic (exact) mass is 337 g/mol. The van der Waals surface area contributed by atoms with Crippen molar-refractivity contribution in [1.82, 2.24) is 4.90 Å². The van der Waals surface area contributed by atoms with E-state index in [0.29, 0.717) is 17.3 Å². The fraction of sp³-hybridized carbons (Fsp3) is 0.588. The molecule has 1 aliphatic rings. The molecule has 2 nitrogen and oxygen atoms in total. The van der Waals surface area contributed by atoms with Crippen molar-refractivity contribution in [2.75, 3.05) is 7.05 Å². The second kappa shape index (κ2) is 7.26. The Hall–Kier alpha value is -0.830. The minimum Gasteiger partial charge on any atom is -0.342 e. The molecule has 3 heteroatoms. The number of nitrogens with zero attached hydrogens (tertiary/aromatic N) is 1. The third kappa shape index (κ3) is 4.08. The Morgan fingerprint density at radius 3 is 2.55 bits per heavy atom. The lowest BCUT2D eigenvalue weighted by Gasteiger charge is -2.35. The molecule has 1 saturated carbocycles. The normalized spacial score (nSPS) is 22.6. The highest BCUT2D eigenvalue weighted by molar-refractivity contribution is 9.09. The smallest absolute Gasteiger partial charge is 0.222 e. The van der Waals surface area contributed by atoms with Gasteiger partial charge in [-0.3, -0.25) is 4.79 Å². The molecule has 110 valence electrons. The van der Waals surface area contributed by atoms with E-state index in [2.05, 4.69) is 47.1 Å². The van der Waals surface area contributed by atoms with Crippen molar-refractivity contribution in [3.8, 4) is 0 Å². The van der Waals surface area contributed by atoms with E-state index < -0.39 is 0 Å². The van der Waals surface area contributed by atoms with Gasteiger partial charge >= 0.3 is 0 Å². The number of aryl methyl sites for hydroxylation is 2. The molecular weight excluding hydrogens is 314 g/mol. The molecule has 2 atom stereocenters. The zero-order chi connectivity index (χ0) is 14.5. The number of hydrogen-bond acceptors (Lipinski definition) is 1. The molecule has 1 aliphatic carbocycles. The molecule has 2 rings (SSSR count). The number of hydrogen-bond donors (Lipinski definition) is 0. The summed E-state index contributed by atoms with van der Waals surface area (Å²) < 4.78 is 0. The quantitative estimate of drug-likeness (QED) is 0.757. The zero-order valence-electron chi connectivity index (χ0n) is 12.4. The molecule has 0 saturated heterocycles. The highest BCUT2D eigenvalue weighted by Gasteiger charge is 2.28. The van der Waals surface area contributed by atoms with Gasteiger partial charge in [0.1, 0.15) is 0 Å². The van der Waals surface area contributed by atoms with Gasteiger partial charge in [0.25, 0.3) is 0 Å². The highest BCUT2D eigenvalue weighted by Crippen LogP contribution is 2.28. The van der Waals surface area contributed by atoms with E-state index in [1.807, 2.05) is 11.9 Å². The van der Waals surface area contributed by atoms with Crippen molar-refractivity contribution in [3.63, 3.8) is 0 Å². The molecule has 1 aromatic carbocycles. The number of amides is 1. The molecule has 2 unspecified atom stereocenters. The number of rotatable bonds is 4. The SMILES string of the molecule is Cc1ccc(CCC(=O)N(C)C2CCCCC2Br)cc1. The first-order chi connectivity index (χ1) is 9.58. The van der Waals surface area contributed by atoms with Crippen molar-refractivity contribution in [2.24, 2.45) is 0 Å². The molecular formula is C17H24BrNO. The van der Waals surface area contributed by atoms with Crippen LogP contribution in [0.5, 0.6) is 0 Å². The molecule has 0 aromatic heterocycles. The van der Waals surface area contributed by atoms with Crippen LogP contribution in [0.25, 0.3) is 0 Å². The number of alkyl halides is 1. The Morgan fingerprint density at radius 1 is 1.25 bits per heavy atom. The maximum absolute atomic E-state index is 12.3. The Kier molecular flexibility index (Phi) is 5.64. The average Bonchev–Trinajstić information content (AvgIpc) is 2.46. The lowest BCUT2D eigenvalue weighted by molar-refractivity contribution is -0.132. The third-order valence-corrected chi connectivity index (χ3v) is 5.35. The van der Waals surface area contributed by atoms with Crippen LogP contribution in [0.4, 0.5) is 0 Å². The van der Waals surface area contributed by atoms with Crippen molar-refractivity contribution < 1.29 is 4.79 Å². The van der Waals surface area contributed by atoms with Crippen LogP contribution in [0.3, 0.4) is 0 Å². The first kappa shape index (κ1) is 15.6. The van der Waals surface area contributed by atoms with Gasteiger partial charge in [-0.15, -0.1) is 0 Å². The van der Waals surface area contributed by atoms with E-state index in [9.17, 15) is 4.79 Å². The van der Waals surface area contributed by atoms with E-state index >= 15 is 0 Å². The number of carbonyl (C=O) groups excluding carboxylic acids is 1. The van der Waals surface area contributed by atoms with Crippen LogP contribution in [-0.2, 0) is 11.2 Å². The topological polar surface area (TPSA) is 20.3 Å². The molecule has 0 bridgehead atoms. The first-order valence-electron chi connectivity index (χ1n) is 7.53. The maximum Gasteiger partial charge on any atom is 0.222 e. The second-order valence-electron chi connectivity index (χ2n) is 5.86. The summed E-state index contributed by atoms with van der Waals surface area (Å²) in [5.41, 5.74) is 2.51. The molecule has 1 aromatic rings. The van der Waals surface area contributed by atoms with Crippen molar-refractivity contribution >= 4 is 21.8 Å². The minimum atomic E-state index is 0.266. The van der Waals surface area contributed by atoms with E-state index in [4.69, 9.17) is 0 Å². The van der Waals surface area contributed by atoms with Crippen LogP contribution in [0.1, 0.15) is 43.2 Å². The molecule has 1 amide bonds.